The van der Waals surface area contributed by atoms with Crippen molar-refractivity contribution in [2.75, 3.05) is 0 Å². The summed E-state index contributed by atoms with van der Waals surface area (Å²) in [5.74, 6) is 0.367. The minimum Gasteiger partial charge on any atom is -0.508 e. The van der Waals surface area contributed by atoms with Crippen LogP contribution in [0.1, 0.15) is 36.1 Å². The first kappa shape index (κ1) is 13.6. The van der Waals surface area contributed by atoms with E-state index in [1.165, 1.54) is 11.1 Å². The Morgan fingerprint density at radius 1 is 1.11 bits per heavy atom. The van der Waals surface area contributed by atoms with Gasteiger partial charge in [-0.1, -0.05) is 55.0 Å². The standard InChI is InChI=1S/C17H21NO/c1-3-16(15-9-4-5-10-17(15)19)18-12-14-8-6-7-13(2)11-14/h4-11,16,18-19H,3,12H2,1-2H3. The summed E-state index contributed by atoms with van der Waals surface area (Å²) >= 11 is 0. The fraction of sp³-hybridized carbons (Fsp3) is 0.294. The third-order valence-electron chi connectivity index (χ3n) is 3.36. The Kier molecular flexibility index (Phi) is 4.58. The molecule has 0 saturated heterocycles. The molecule has 0 aliphatic carbocycles. The predicted molar refractivity (Wildman–Crippen MR) is 79.2 cm³/mol. The van der Waals surface area contributed by atoms with Crippen LogP contribution in [0.25, 0.3) is 0 Å². The highest BCUT2D eigenvalue weighted by Gasteiger charge is 2.12. The molecule has 2 nitrogen and oxygen atoms in total. The number of phenols is 1. The number of rotatable bonds is 5. The Hall–Kier alpha value is -1.80. The molecule has 0 spiro atoms. The van der Waals surface area contributed by atoms with Crippen LogP contribution >= 0.6 is 0 Å². The summed E-state index contributed by atoms with van der Waals surface area (Å²) in [6, 6.07) is 16.2. The topological polar surface area (TPSA) is 32.3 Å². The van der Waals surface area contributed by atoms with Gasteiger partial charge in [-0.15, -0.1) is 0 Å². The van der Waals surface area contributed by atoms with E-state index in [0.717, 1.165) is 18.5 Å². The number of phenolic OH excluding ortho intramolecular Hbond substituents is 1. The maximum absolute atomic E-state index is 9.91. The molecule has 2 N–H and O–H groups in total. The Morgan fingerprint density at radius 2 is 1.89 bits per heavy atom. The van der Waals surface area contributed by atoms with Crippen molar-refractivity contribution in [2.45, 2.75) is 32.9 Å². The number of hydrogen-bond donors (Lipinski definition) is 2. The molecule has 0 aliphatic rings. The lowest BCUT2D eigenvalue weighted by molar-refractivity contribution is 0.441. The van der Waals surface area contributed by atoms with E-state index in [-0.39, 0.29) is 6.04 Å². The highest BCUT2D eigenvalue weighted by molar-refractivity contribution is 5.34. The lowest BCUT2D eigenvalue weighted by atomic mass is 10.0. The van der Waals surface area contributed by atoms with Gasteiger partial charge in [0.2, 0.25) is 0 Å². The molecule has 2 rings (SSSR count). The Labute approximate surface area is 115 Å². The molecule has 0 aromatic heterocycles. The largest absolute Gasteiger partial charge is 0.508 e. The fourth-order valence-corrected chi connectivity index (χ4v) is 2.32. The van der Waals surface area contributed by atoms with Gasteiger partial charge < -0.3 is 10.4 Å². The summed E-state index contributed by atoms with van der Waals surface area (Å²) < 4.78 is 0. The molecule has 2 heteroatoms. The number of nitrogens with one attached hydrogen (secondary N) is 1. The molecule has 19 heavy (non-hydrogen) atoms. The van der Waals surface area contributed by atoms with Crippen molar-refractivity contribution in [1.82, 2.24) is 5.32 Å². The van der Waals surface area contributed by atoms with Gasteiger partial charge in [-0.05, 0) is 25.0 Å². The zero-order chi connectivity index (χ0) is 13.7. The van der Waals surface area contributed by atoms with E-state index in [4.69, 9.17) is 0 Å². The Balaban J connectivity index is 2.06. The Morgan fingerprint density at radius 3 is 2.58 bits per heavy atom. The zero-order valence-electron chi connectivity index (χ0n) is 11.6. The average molecular weight is 255 g/mol. The summed E-state index contributed by atoms with van der Waals surface area (Å²) in [5, 5.41) is 13.4. The highest BCUT2D eigenvalue weighted by Crippen LogP contribution is 2.26. The summed E-state index contributed by atoms with van der Waals surface area (Å²) in [6.07, 6.45) is 0.948. The number of benzene rings is 2. The summed E-state index contributed by atoms with van der Waals surface area (Å²) in [5.41, 5.74) is 3.52. The molecule has 0 radical (unpaired) electrons. The van der Waals surface area contributed by atoms with Crippen molar-refractivity contribution < 1.29 is 5.11 Å². The smallest absolute Gasteiger partial charge is 0.120 e. The van der Waals surface area contributed by atoms with E-state index in [9.17, 15) is 5.11 Å². The van der Waals surface area contributed by atoms with Crippen LogP contribution in [0.2, 0.25) is 0 Å². The molecular formula is C17H21NO. The van der Waals surface area contributed by atoms with Crippen LogP contribution < -0.4 is 5.32 Å². The number of aryl methyl sites for hydroxylation is 1. The van der Waals surface area contributed by atoms with Crippen molar-refractivity contribution in [2.24, 2.45) is 0 Å². The lowest BCUT2D eigenvalue weighted by Crippen LogP contribution is -2.20. The highest BCUT2D eigenvalue weighted by atomic mass is 16.3. The van der Waals surface area contributed by atoms with Crippen LogP contribution in [0.4, 0.5) is 0 Å². The first-order chi connectivity index (χ1) is 9.20. The SMILES string of the molecule is CCC(NCc1cccc(C)c1)c1ccccc1O. The van der Waals surface area contributed by atoms with Crippen LogP contribution in [0.3, 0.4) is 0 Å². The molecule has 0 saturated carbocycles. The third kappa shape index (κ3) is 3.58. The van der Waals surface area contributed by atoms with E-state index in [0.29, 0.717) is 5.75 Å². The fourth-order valence-electron chi connectivity index (χ4n) is 2.32. The van der Waals surface area contributed by atoms with E-state index < -0.39 is 0 Å². The Bertz CT molecular complexity index is 536. The number of aromatic hydroxyl groups is 1. The molecule has 0 amide bonds. The second-order valence-electron chi connectivity index (χ2n) is 4.89. The van der Waals surface area contributed by atoms with Crippen molar-refractivity contribution in [1.29, 1.82) is 0 Å². The molecular weight excluding hydrogens is 234 g/mol. The molecule has 2 aromatic rings. The van der Waals surface area contributed by atoms with Gasteiger partial charge in [0, 0.05) is 18.2 Å². The summed E-state index contributed by atoms with van der Waals surface area (Å²) in [7, 11) is 0. The van der Waals surface area contributed by atoms with Crippen molar-refractivity contribution in [3.05, 3.63) is 65.2 Å². The van der Waals surface area contributed by atoms with E-state index in [1.54, 1.807) is 6.07 Å². The first-order valence-corrected chi connectivity index (χ1v) is 6.77. The monoisotopic (exact) mass is 255 g/mol. The molecule has 2 aromatic carbocycles. The quantitative estimate of drug-likeness (QED) is 0.848. The molecule has 100 valence electrons. The third-order valence-corrected chi connectivity index (χ3v) is 3.36. The van der Waals surface area contributed by atoms with Crippen molar-refractivity contribution in [3.8, 4) is 5.75 Å². The van der Waals surface area contributed by atoms with E-state index in [2.05, 4.69) is 43.4 Å². The zero-order valence-corrected chi connectivity index (χ0v) is 11.6. The minimum atomic E-state index is 0.182. The van der Waals surface area contributed by atoms with Gasteiger partial charge in [0.05, 0.1) is 0 Å². The molecule has 0 fully saturated rings. The normalized spacial score (nSPS) is 12.3. The van der Waals surface area contributed by atoms with E-state index >= 15 is 0 Å². The lowest BCUT2D eigenvalue weighted by Gasteiger charge is -2.18. The minimum absolute atomic E-state index is 0.182. The van der Waals surface area contributed by atoms with Crippen LogP contribution in [0.15, 0.2) is 48.5 Å². The average Bonchev–Trinajstić information content (AvgIpc) is 2.41. The van der Waals surface area contributed by atoms with Gasteiger partial charge in [-0.3, -0.25) is 0 Å². The van der Waals surface area contributed by atoms with E-state index in [1.807, 2.05) is 18.2 Å². The van der Waals surface area contributed by atoms with Gasteiger partial charge in [0.15, 0.2) is 0 Å². The first-order valence-electron chi connectivity index (χ1n) is 6.77. The van der Waals surface area contributed by atoms with Crippen LogP contribution in [0.5, 0.6) is 5.75 Å². The van der Waals surface area contributed by atoms with Gasteiger partial charge in [0.1, 0.15) is 5.75 Å². The van der Waals surface area contributed by atoms with Crippen molar-refractivity contribution >= 4 is 0 Å². The second-order valence-corrected chi connectivity index (χ2v) is 4.89. The number of para-hydroxylation sites is 1. The number of hydrogen-bond acceptors (Lipinski definition) is 2. The summed E-state index contributed by atoms with van der Waals surface area (Å²) in [4.78, 5) is 0. The van der Waals surface area contributed by atoms with Gasteiger partial charge in [0.25, 0.3) is 0 Å². The maximum atomic E-state index is 9.91. The van der Waals surface area contributed by atoms with Crippen LogP contribution in [0, 0.1) is 6.92 Å². The van der Waals surface area contributed by atoms with Gasteiger partial charge in [-0.25, -0.2) is 0 Å². The van der Waals surface area contributed by atoms with Gasteiger partial charge in [-0.2, -0.15) is 0 Å². The van der Waals surface area contributed by atoms with Crippen LogP contribution in [-0.2, 0) is 6.54 Å². The van der Waals surface area contributed by atoms with Crippen molar-refractivity contribution in [3.63, 3.8) is 0 Å². The maximum Gasteiger partial charge on any atom is 0.120 e. The molecule has 0 aliphatic heterocycles. The molecule has 1 unspecified atom stereocenters. The second kappa shape index (κ2) is 6.39. The molecule has 1 atom stereocenters. The van der Waals surface area contributed by atoms with Gasteiger partial charge >= 0.3 is 0 Å². The molecule has 0 bridgehead atoms. The molecule has 0 heterocycles. The van der Waals surface area contributed by atoms with Crippen LogP contribution in [-0.4, -0.2) is 5.11 Å². The summed E-state index contributed by atoms with van der Waals surface area (Å²) in [6.45, 7) is 5.04. The predicted octanol–water partition coefficient (Wildman–Crippen LogP) is 3.94.